The first-order valence-electron chi connectivity index (χ1n) is 7.52. The summed E-state index contributed by atoms with van der Waals surface area (Å²) < 4.78 is 1.35. The zero-order chi connectivity index (χ0) is 16.5. The van der Waals surface area contributed by atoms with Crippen molar-refractivity contribution in [3.8, 4) is 5.95 Å². The molecule has 1 saturated carbocycles. The van der Waals surface area contributed by atoms with Gasteiger partial charge in [-0.3, -0.25) is 9.59 Å². The van der Waals surface area contributed by atoms with E-state index < -0.39 is 0 Å². The maximum absolute atomic E-state index is 12.8. The minimum Gasteiger partial charge on any atom is -0.353 e. The Balaban J connectivity index is 1.73. The highest BCUT2D eigenvalue weighted by atomic mass is 32.2. The molecule has 1 aliphatic carbocycles. The van der Waals surface area contributed by atoms with Crippen LogP contribution < -0.4 is 10.9 Å². The van der Waals surface area contributed by atoms with Crippen molar-refractivity contribution in [3.05, 3.63) is 40.9 Å². The van der Waals surface area contributed by atoms with Crippen LogP contribution in [0.5, 0.6) is 0 Å². The fourth-order valence-electron chi connectivity index (χ4n) is 2.33. The van der Waals surface area contributed by atoms with Crippen molar-refractivity contribution >= 4 is 28.6 Å². The lowest BCUT2D eigenvalue weighted by molar-refractivity contribution is -0.118. The molecule has 0 unspecified atom stereocenters. The fraction of sp³-hybridized carbons (Fsp3) is 0.267. The number of rotatable bonds is 5. The summed E-state index contributed by atoms with van der Waals surface area (Å²) in [5.74, 6) is 0.410. The smallest absolute Gasteiger partial charge is 0.269 e. The van der Waals surface area contributed by atoms with Gasteiger partial charge in [-0.2, -0.15) is 10.1 Å². The van der Waals surface area contributed by atoms with Crippen molar-refractivity contribution in [2.45, 2.75) is 24.0 Å². The van der Waals surface area contributed by atoms with Crippen molar-refractivity contribution in [2.75, 3.05) is 5.75 Å². The van der Waals surface area contributed by atoms with E-state index in [2.05, 4.69) is 25.5 Å². The molecule has 0 spiro atoms. The van der Waals surface area contributed by atoms with Crippen LogP contribution in [0.4, 0.5) is 0 Å². The summed E-state index contributed by atoms with van der Waals surface area (Å²) in [6, 6.07) is 7.40. The average molecular weight is 342 g/mol. The van der Waals surface area contributed by atoms with Gasteiger partial charge in [0, 0.05) is 6.04 Å². The number of amides is 1. The van der Waals surface area contributed by atoms with Gasteiger partial charge >= 0.3 is 0 Å². The number of para-hydroxylation sites is 1. The Morgan fingerprint density at radius 1 is 1.38 bits per heavy atom. The van der Waals surface area contributed by atoms with Gasteiger partial charge in [-0.25, -0.2) is 14.6 Å². The second-order valence-electron chi connectivity index (χ2n) is 5.49. The molecule has 1 aromatic carbocycles. The Morgan fingerprint density at radius 2 is 2.21 bits per heavy atom. The first kappa shape index (κ1) is 14.9. The van der Waals surface area contributed by atoms with Gasteiger partial charge in [0.2, 0.25) is 11.9 Å². The molecule has 1 amide bonds. The van der Waals surface area contributed by atoms with Gasteiger partial charge in [0.15, 0.2) is 5.16 Å². The standard InChI is InChI=1S/C15H14N6O2S/c22-12(18-9-5-6-9)7-24-15-19-11-4-2-1-3-10(11)13(23)21(15)14-16-8-17-20-14/h1-4,8-9H,5-7H2,(H,18,22)(H,16,17,20). The Bertz CT molecular complexity index is 948. The van der Waals surface area contributed by atoms with Crippen LogP contribution in [0.3, 0.4) is 0 Å². The Morgan fingerprint density at radius 3 is 2.96 bits per heavy atom. The summed E-state index contributed by atoms with van der Waals surface area (Å²) in [6.45, 7) is 0. The third-order valence-corrected chi connectivity index (χ3v) is 4.57. The van der Waals surface area contributed by atoms with Crippen LogP contribution in [0.25, 0.3) is 16.9 Å². The highest BCUT2D eigenvalue weighted by molar-refractivity contribution is 7.99. The highest BCUT2D eigenvalue weighted by Gasteiger charge is 2.23. The molecule has 1 aliphatic rings. The summed E-state index contributed by atoms with van der Waals surface area (Å²) in [5, 5.41) is 10.3. The highest BCUT2D eigenvalue weighted by Crippen LogP contribution is 2.21. The van der Waals surface area contributed by atoms with Crippen molar-refractivity contribution in [1.82, 2.24) is 30.0 Å². The van der Waals surface area contributed by atoms with E-state index in [0.29, 0.717) is 22.1 Å². The molecule has 0 saturated heterocycles. The van der Waals surface area contributed by atoms with E-state index in [-0.39, 0.29) is 23.2 Å². The summed E-state index contributed by atoms with van der Waals surface area (Å²) in [7, 11) is 0. The minimum atomic E-state index is -0.248. The monoisotopic (exact) mass is 342 g/mol. The first-order valence-corrected chi connectivity index (χ1v) is 8.50. The quantitative estimate of drug-likeness (QED) is 0.527. The average Bonchev–Trinajstić information content (AvgIpc) is 3.23. The van der Waals surface area contributed by atoms with Crippen LogP contribution in [0, 0.1) is 0 Å². The first-order chi connectivity index (χ1) is 11.7. The van der Waals surface area contributed by atoms with E-state index in [1.165, 1.54) is 22.7 Å². The zero-order valence-corrected chi connectivity index (χ0v) is 13.4. The topological polar surface area (TPSA) is 106 Å². The number of aromatic amines is 1. The largest absolute Gasteiger partial charge is 0.353 e. The van der Waals surface area contributed by atoms with Gasteiger partial charge in [-0.1, -0.05) is 23.9 Å². The Labute approximate surface area is 140 Å². The normalized spacial score (nSPS) is 14.0. The molecule has 0 radical (unpaired) electrons. The van der Waals surface area contributed by atoms with Crippen molar-refractivity contribution < 1.29 is 4.79 Å². The van der Waals surface area contributed by atoms with E-state index in [1.54, 1.807) is 18.2 Å². The van der Waals surface area contributed by atoms with Gasteiger partial charge in [-0.15, -0.1) is 0 Å². The molecule has 3 aromatic rings. The Kier molecular flexibility index (Phi) is 3.77. The second-order valence-corrected chi connectivity index (χ2v) is 6.43. The van der Waals surface area contributed by atoms with Crippen LogP contribution >= 0.6 is 11.8 Å². The summed E-state index contributed by atoms with van der Waals surface area (Å²) >= 11 is 1.20. The fourth-order valence-corrected chi connectivity index (χ4v) is 3.13. The molecule has 8 nitrogen and oxygen atoms in total. The van der Waals surface area contributed by atoms with Crippen LogP contribution in [0.15, 0.2) is 40.5 Å². The lowest BCUT2D eigenvalue weighted by Crippen LogP contribution is -2.28. The second kappa shape index (κ2) is 6.08. The molecule has 122 valence electrons. The number of hydrogen-bond donors (Lipinski definition) is 2. The third-order valence-electron chi connectivity index (χ3n) is 3.63. The lowest BCUT2D eigenvalue weighted by Gasteiger charge is -2.10. The molecule has 0 aliphatic heterocycles. The molecule has 0 bridgehead atoms. The number of thioether (sulfide) groups is 1. The molecule has 1 fully saturated rings. The van der Waals surface area contributed by atoms with Gasteiger partial charge in [0.05, 0.1) is 16.7 Å². The van der Waals surface area contributed by atoms with Gasteiger partial charge in [0.25, 0.3) is 5.56 Å². The van der Waals surface area contributed by atoms with Crippen molar-refractivity contribution in [3.63, 3.8) is 0 Å². The third kappa shape index (κ3) is 2.90. The van der Waals surface area contributed by atoms with Crippen LogP contribution in [-0.4, -0.2) is 42.4 Å². The SMILES string of the molecule is O=C(CSc1nc2ccccc2c(=O)n1-c1ncn[nH]1)NC1CC1. The van der Waals surface area contributed by atoms with E-state index in [4.69, 9.17) is 0 Å². The number of nitrogens with zero attached hydrogens (tertiary/aromatic N) is 4. The maximum Gasteiger partial charge on any atom is 0.269 e. The summed E-state index contributed by atoms with van der Waals surface area (Å²) in [4.78, 5) is 33.3. The van der Waals surface area contributed by atoms with E-state index in [9.17, 15) is 9.59 Å². The van der Waals surface area contributed by atoms with E-state index in [1.807, 2.05) is 6.07 Å². The van der Waals surface area contributed by atoms with E-state index in [0.717, 1.165) is 12.8 Å². The number of benzene rings is 1. The van der Waals surface area contributed by atoms with Crippen molar-refractivity contribution in [1.29, 1.82) is 0 Å². The number of H-pyrrole nitrogens is 1. The molecule has 4 rings (SSSR count). The predicted octanol–water partition coefficient (Wildman–Crippen LogP) is 0.874. The molecular formula is C15H14N6O2S. The maximum atomic E-state index is 12.8. The lowest BCUT2D eigenvalue weighted by atomic mass is 10.2. The molecule has 24 heavy (non-hydrogen) atoms. The van der Waals surface area contributed by atoms with Crippen LogP contribution in [0.2, 0.25) is 0 Å². The minimum absolute atomic E-state index is 0.0611. The predicted molar refractivity (Wildman–Crippen MR) is 89.2 cm³/mol. The molecule has 2 N–H and O–H groups in total. The molecular weight excluding hydrogens is 328 g/mol. The zero-order valence-electron chi connectivity index (χ0n) is 12.6. The number of carbonyl (C=O) groups is 1. The number of aromatic nitrogens is 5. The van der Waals surface area contributed by atoms with E-state index >= 15 is 0 Å². The molecule has 9 heteroatoms. The number of fused-ring (bicyclic) bond motifs is 1. The molecule has 2 heterocycles. The Hall–Kier alpha value is -2.68. The van der Waals surface area contributed by atoms with Gasteiger partial charge in [0.1, 0.15) is 6.33 Å². The summed E-state index contributed by atoms with van der Waals surface area (Å²) in [6.07, 6.45) is 3.39. The number of hydrogen-bond acceptors (Lipinski definition) is 6. The van der Waals surface area contributed by atoms with Gasteiger partial charge in [-0.05, 0) is 25.0 Å². The number of carbonyl (C=O) groups excluding carboxylic acids is 1. The number of nitrogens with one attached hydrogen (secondary N) is 2. The molecule has 0 atom stereocenters. The molecule has 2 aromatic heterocycles. The van der Waals surface area contributed by atoms with Crippen LogP contribution in [-0.2, 0) is 4.79 Å². The van der Waals surface area contributed by atoms with Gasteiger partial charge < -0.3 is 5.32 Å². The van der Waals surface area contributed by atoms with Crippen molar-refractivity contribution in [2.24, 2.45) is 0 Å². The summed E-state index contributed by atoms with van der Waals surface area (Å²) in [5.41, 5.74) is 0.339. The van der Waals surface area contributed by atoms with Crippen LogP contribution in [0.1, 0.15) is 12.8 Å².